The highest BCUT2D eigenvalue weighted by Gasteiger charge is 2.30. The lowest BCUT2D eigenvalue weighted by Crippen LogP contribution is -2.51. The number of piperidine rings is 1. The Morgan fingerprint density at radius 3 is 2.67 bits per heavy atom. The summed E-state index contributed by atoms with van der Waals surface area (Å²) >= 11 is 0. The number of halogens is 1. The molecule has 2 saturated heterocycles. The standard InChI is InChI=1S/C18H36N4O.HI/c1-5-19-17(20-12-16-9-7-11-23-16)21-14-18(3,4)22-10-6-8-15(2)13-22;/h15-16H,5-14H2,1-4H3,(H2,19,20,21);1H. The normalized spacial score (nSPS) is 26.1. The minimum absolute atomic E-state index is 0. The largest absolute Gasteiger partial charge is 0.376 e. The lowest BCUT2D eigenvalue weighted by atomic mass is 9.94. The molecule has 0 amide bonds. The van der Waals surface area contributed by atoms with E-state index in [0.717, 1.165) is 44.5 Å². The summed E-state index contributed by atoms with van der Waals surface area (Å²) in [4.78, 5) is 7.45. The Bertz CT molecular complexity index is 383. The van der Waals surface area contributed by atoms with Crippen LogP contribution < -0.4 is 10.6 Å². The van der Waals surface area contributed by atoms with Gasteiger partial charge >= 0.3 is 0 Å². The maximum Gasteiger partial charge on any atom is 0.191 e. The van der Waals surface area contributed by atoms with Gasteiger partial charge in [0.05, 0.1) is 12.6 Å². The first-order valence-corrected chi connectivity index (χ1v) is 9.40. The molecule has 0 bridgehead atoms. The maximum atomic E-state index is 5.68. The van der Waals surface area contributed by atoms with E-state index < -0.39 is 0 Å². The lowest BCUT2D eigenvalue weighted by Gasteiger charge is -2.42. The van der Waals surface area contributed by atoms with Crippen LogP contribution in [-0.2, 0) is 4.74 Å². The first kappa shape index (κ1) is 22.0. The Labute approximate surface area is 165 Å². The fourth-order valence-electron chi connectivity index (χ4n) is 3.47. The number of likely N-dealkylation sites (tertiary alicyclic amines) is 1. The molecule has 2 aliphatic rings. The average molecular weight is 452 g/mol. The van der Waals surface area contributed by atoms with E-state index in [4.69, 9.17) is 9.73 Å². The lowest BCUT2D eigenvalue weighted by molar-refractivity contribution is 0.0774. The van der Waals surface area contributed by atoms with E-state index >= 15 is 0 Å². The highest BCUT2D eigenvalue weighted by atomic mass is 127. The van der Waals surface area contributed by atoms with Crippen molar-refractivity contribution < 1.29 is 4.74 Å². The topological polar surface area (TPSA) is 48.9 Å². The van der Waals surface area contributed by atoms with Gasteiger partial charge in [0, 0.05) is 31.8 Å². The van der Waals surface area contributed by atoms with Crippen molar-refractivity contribution in [3.8, 4) is 0 Å². The second-order valence-electron chi connectivity index (χ2n) is 7.72. The van der Waals surface area contributed by atoms with E-state index in [1.54, 1.807) is 0 Å². The Morgan fingerprint density at radius 1 is 1.25 bits per heavy atom. The molecule has 0 saturated carbocycles. The van der Waals surface area contributed by atoms with Crippen molar-refractivity contribution >= 4 is 29.9 Å². The first-order valence-electron chi connectivity index (χ1n) is 9.40. The van der Waals surface area contributed by atoms with Gasteiger partial charge in [-0.1, -0.05) is 6.92 Å². The fourth-order valence-corrected chi connectivity index (χ4v) is 3.47. The predicted molar refractivity (Wildman–Crippen MR) is 112 cm³/mol. The van der Waals surface area contributed by atoms with Gasteiger partial charge in [-0.25, -0.2) is 0 Å². The zero-order chi connectivity index (χ0) is 16.7. The van der Waals surface area contributed by atoms with Crippen LogP contribution in [0.5, 0.6) is 0 Å². The van der Waals surface area contributed by atoms with Gasteiger partial charge in [-0.3, -0.25) is 9.89 Å². The predicted octanol–water partition coefficient (Wildman–Crippen LogP) is 2.85. The molecule has 6 heteroatoms. The summed E-state index contributed by atoms with van der Waals surface area (Å²) in [6, 6.07) is 0. The van der Waals surface area contributed by atoms with E-state index in [0.29, 0.717) is 6.10 Å². The van der Waals surface area contributed by atoms with Gasteiger partial charge in [-0.15, -0.1) is 24.0 Å². The van der Waals surface area contributed by atoms with Crippen LogP contribution in [0.25, 0.3) is 0 Å². The van der Waals surface area contributed by atoms with Gasteiger partial charge in [0.15, 0.2) is 5.96 Å². The molecule has 0 radical (unpaired) electrons. The monoisotopic (exact) mass is 452 g/mol. The SMILES string of the molecule is CCNC(=NCC(C)(C)N1CCCC(C)C1)NCC1CCCO1.I. The molecule has 2 heterocycles. The molecule has 2 N–H and O–H groups in total. The number of rotatable bonds is 6. The molecule has 0 aromatic carbocycles. The van der Waals surface area contributed by atoms with Crippen LogP contribution in [0.3, 0.4) is 0 Å². The van der Waals surface area contributed by atoms with Crippen LogP contribution in [0.1, 0.15) is 53.4 Å². The second kappa shape index (κ2) is 10.8. The smallest absolute Gasteiger partial charge is 0.191 e. The van der Waals surface area contributed by atoms with Crippen molar-refractivity contribution in [1.29, 1.82) is 0 Å². The van der Waals surface area contributed by atoms with Crippen molar-refractivity contribution in [3.63, 3.8) is 0 Å². The molecule has 0 aliphatic carbocycles. The van der Waals surface area contributed by atoms with Crippen LogP contribution in [0.2, 0.25) is 0 Å². The van der Waals surface area contributed by atoms with Gasteiger partial charge < -0.3 is 15.4 Å². The number of aliphatic imine (C=N–C) groups is 1. The molecular weight excluding hydrogens is 415 g/mol. The Hall–Kier alpha value is -0.0800. The van der Waals surface area contributed by atoms with Gasteiger partial charge in [0.2, 0.25) is 0 Å². The summed E-state index contributed by atoms with van der Waals surface area (Å²) in [5.74, 6) is 1.72. The molecule has 2 unspecified atom stereocenters. The van der Waals surface area contributed by atoms with Crippen molar-refractivity contribution in [3.05, 3.63) is 0 Å². The molecule has 0 aromatic rings. The minimum Gasteiger partial charge on any atom is -0.376 e. The van der Waals surface area contributed by atoms with Crippen molar-refractivity contribution in [2.45, 2.75) is 65.0 Å². The number of hydrogen-bond acceptors (Lipinski definition) is 3. The average Bonchev–Trinajstić information content (AvgIpc) is 3.03. The minimum atomic E-state index is 0. The van der Waals surface area contributed by atoms with Crippen molar-refractivity contribution in [1.82, 2.24) is 15.5 Å². The molecule has 2 atom stereocenters. The zero-order valence-corrected chi connectivity index (χ0v) is 18.3. The third-order valence-electron chi connectivity index (χ3n) is 5.00. The second-order valence-corrected chi connectivity index (χ2v) is 7.72. The van der Waals surface area contributed by atoms with Crippen molar-refractivity contribution in [2.75, 3.05) is 39.3 Å². The van der Waals surface area contributed by atoms with Gasteiger partial charge in [-0.05, 0) is 58.9 Å². The summed E-state index contributed by atoms with van der Waals surface area (Å²) in [5, 5.41) is 6.80. The first-order chi connectivity index (χ1) is 11.0. The van der Waals surface area contributed by atoms with Gasteiger partial charge in [0.25, 0.3) is 0 Å². The fraction of sp³-hybridized carbons (Fsp3) is 0.944. The Kier molecular flexibility index (Phi) is 9.89. The maximum absolute atomic E-state index is 5.68. The summed E-state index contributed by atoms with van der Waals surface area (Å²) in [6.07, 6.45) is 5.35. The van der Waals surface area contributed by atoms with Crippen LogP contribution in [0, 0.1) is 5.92 Å². The molecule has 142 valence electrons. The molecule has 5 nitrogen and oxygen atoms in total. The number of guanidine groups is 1. The van der Waals surface area contributed by atoms with E-state index in [2.05, 4.69) is 43.2 Å². The summed E-state index contributed by atoms with van der Waals surface area (Å²) in [7, 11) is 0. The van der Waals surface area contributed by atoms with E-state index in [1.165, 1.54) is 32.4 Å². The third kappa shape index (κ3) is 7.04. The Balaban J connectivity index is 0.00000288. The van der Waals surface area contributed by atoms with Crippen LogP contribution in [0.4, 0.5) is 0 Å². The van der Waals surface area contributed by atoms with E-state index in [-0.39, 0.29) is 29.5 Å². The zero-order valence-electron chi connectivity index (χ0n) is 15.9. The Morgan fingerprint density at radius 2 is 2.04 bits per heavy atom. The van der Waals surface area contributed by atoms with E-state index in [9.17, 15) is 0 Å². The molecule has 2 rings (SSSR count). The molecular formula is C18H37IN4O. The number of hydrogen-bond donors (Lipinski definition) is 2. The molecule has 24 heavy (non-hydrogen) atoms. The molecule has 0 spiro atoms. The third-order valence-corrected chi connectivity index (χ3v) is 5.00. The number of ether oxygens (including phenoxy) is 1. The van der Waals surface area contributed by atoms with Crippen LogP contribution in [0.15, 0.2) is 4.99 Å². The molecule has 0 aromatic heterocycles. The highest BCUT2D eigenvalue weighted by Crippen LogP contribution is 2.24. The van der Waals surface area contributed by atoms with Gasteiger partial charge in [0.1, 0.15) is 0 Å². The van der Waals surface area contributed by atoms with Gasteiger partial charge in [-0.2, -0.15) is 0 Å². The molecule has 2 aliphatic heterocycles. The van der Waals surface area contributed by atoms with Crippen molar-refractivity contribution in [2.24, 2.45) is 10.9 Å². The number of nitrogens with one attached hydrogen (secondary N) is 2. The van der Waals surface area contributed by atoms with Crippen LogP contribution in [-0.4, -0.2) is 61.8 Å². The van der Waals surface area contributed by atoms with Crippen LogP contribution >= 0.6 is 24.0 Å². The highest BCUT2D eigenvalue weighted by molar-refractivity contribution is 14.0. The quantitative estimate of drug-likeness (QED) is 0.370. The summed E-state index contributed by atoms with van der Waals surface area (Å²) in [6.45, 7) is 15.0. The summed E-state index contributed by atoms with van der Waals surface area (Å²) < 4.78 is 5.68. The number of nitrogens with zero attached hydrogens (tertiary/aromatic N) is 2. The summed E-state index contributed by atoms with van der Waals surface area (Å²) in [5.41, 5.74) is 0.112. The van der Waals surface area contributed by atoms with E-state index in [1.807, 2.05) is 0 Å². The molecule has 2 fully saturated rings.